The molecule has 0 aromatic heterocycles. The number of hydrogen-bond donors (Lipinski definition) is 0. The van der Waals surface area contributed by atoms with Crippen LogP contribution in [0, 0.1) is 13.8 Å². The van der Waals surface area contributed by atoms with E-state index in [-0.39, 0.29) is 0 Å². The summed E-state index contributed by atoms with van der Waals surface area (Å²) in [4.78, 5) is 0. The van der Waals surface area contributed by atoms with Crippen molar-refractivity contribution in [1.29, 1.82) is 0 Å². The maximum absolute atomic E-state index is 6.12. The first-order valence-corrected chi connectivity index (χ1v) is 13.8. The number of benzene rings is 2. The van der Waals surface area contributed by atoms with Crippen molar-refractivity contribution in [3.63, 3.8) is 0 Å². The van der Waals surface area contributed by atoms with E-state index in [9.17, 15) is 0 Å². The molecule has 0 aliphatic heterocycles. The minimum atomic E-state index is 0.294. The third-order valence-electron chi connectivity index (χ3n) is 8.69. The Bertz CT molecular complexity index is 785. The second kappa shape index (κ2) is 13.2. The molecule has 0 spiro atoms. The summed E-state index contributed by atoms with van der Waals surface area (Å²) in [5.74, 6) is 2.03. The molecule has 34 heavy (non-hydrogen) atoms. The van der Waals surface area contributed by atoms with Crippen LogP contribution in [-0.2, 0) is 10.8 Å². The van der Waals surface area contributed by atoms with E-state index in [0.717, 1.165) is 37.6 Å². The normalized spacial score (nSPS) is 12.1. The monoisotopic (exact) mass is 466 g/mol. The fourth-order valence-corrected chi connectivity index (χ4v) is 5.58. The molecule has 0 bridgehead atoms. The van der Waals surface area contributed by atoms with Gasteiger partial charge in [-0.15, -0.1) is 0 Å². The van der Waals surface area contributed by atoms with Crippen LogP contribution in [0.5, 0.6) is 11.5 Å². The molecule has 0 aliphatic rings. The van der Waals surface area contributed by atoms with Gasteiger partial charge in [-0.05, 0) is 110 Å². The highest BCUT2D eigenvalue weighted by molar-refractivity contribution is 5.40. The molecule has 0 N–H and O–H groups in total. The van der Waals surface area contributed by atoms with Gasteiger partial charge in [0.2, 0.25) is 0 Å². The average Bonchev–Trinajstić information content (AvgIpc) is 2.86. The molecule has 2 aromatic rings. The predicted molar refractivity (Wildman–Crippen MR) is 148 cm³/mol. The van der Waals surface area contributed by atoms with E-state index in [1.54, 1.807) is 0 Å². The van der Waals surface area contributed by atoms with E-state index in [1.165, 1.54) is 60.8 Å². The first kappa shape index (κ1) is 28.3. The summed E-state index contributed by atoms with van der Waals surface area (Å²) in [6.07, 6.45) is 9.06. The van der Waals surface area contributed by atoms with Crippen LogP contribution in [0.25, 0.3) is 0 Å². The Morgan fingerprint density at radius 2 is 0.853 bits per heavy atom. The van der Waals surface area contributed by atoms with Crippen LogP contribution < -0.4 is 9.47 Å². The maximum atomic E-state index is 6.12. The van der Waals surface area contributed by atoms with Gasteiger partial charge in [-0.25, -0.2) is 0 Å². The Labute approximate surface area is 210 Å². The lowest BCUT2D eigenvalue weighted by Gasteiger charge is -2.31. The van der Waals surface area contributed by atoms with Crippen molar-refractivity contribution in [3.05, 3.63) is 58.7 Å². The predicted octanol–water partition coefficient (Wildman–Crippen LogP) is 9.48. The van der Waals surface area contributed by atoms with Gasteiger partial charge in [0.05, 0.1) is 13.2 Å². The third-order valence-corrected chi connectivity index (χ3v) is 8.69. The summed E-state index contributed by atoms with van der Waals surface area (Å²) in [5.41, 5.74) is 5.98. The molecule has 2 heteroatoms. The second-order valence-electron chi connectivity index (χ2n) is 10.0. The Morgan fingerprint density at radius 1 is 0.529 bits per heavy atom. The van der Waals surface area contributed by atoms with Gasteiger partial charge in [0.25, 0.3) is 0 Å². The summed E-state index contributed by atoms with van der Waals surface area (Å²) in [6.45, 7) is 19.6. The molecule has 0 unspecified atom stereocenters. The van der Waals surface area contributed by atoms with Gasteiger partial charge in [0.1, 0.15) is 11.5 Å². The fraction of sp³-hybridized carbons (Fsp3) is 0.625. The van der Waals surface area contributed by atoms with Gasteiger partial charge < -0.3 is 9.47 Å². The van der Waals surface area contributed by atoms with Crippen LogP contribution in [0.4, 0.5) is 0 Å². The van der Waals surface area contributed by atoms with Crippen LogP contribution in [0.15, 0.2) is 36.4 Å². The number of hydrogen-bond acceptors (Lipinski definition) is 2. The lowest BCUT2D eigenvalue weighted by molar-refractivity contribution is 0.264. The zero-order valence-corrected chi connectivity index (χ0v) is 23.4. The van der Waals surface area contributed by atoms with Crippen LogP contribution in [0.2, 0.25) is 0 Å². The molecular formula is C32H50O2. The van der Waals surface area contributed by atoms with Gasteiger partial charge in [0, 0.05) is 0 Å². The lowest BCUT2D eigenvalue weighted by Crippen LogP contribution is -2.23. The minimum Gasteiger partial charge on any atom is -0.493 e. The molecule has 0 atom stereocenters. The molecule has 0 saturated carbocycles. The lowest BCUT2D eigenvalue weighted by atomic mass is 9.73. The summed E-state index contributed by atoms with van der Waals surface area (Å²) in [6, 6.07) is 13.6. The van der Waals surface area contributed by atoms with Crippen molar-refractivity contribution >= 4 is 0 Å². The molecule has 0 fully saturated rings. The molecule has 2 rings (SSSR count). The minimum absolute atomic E-state index is 0.294. The van der Waals surface area contributed by atoms with Gasteiger partial charge in [-0.2, -0.15) is 0 Å². The highest BCUT2D eigenvalue weighted by atomic mass is 16.5. The van der Waals surface area contributed by atoms with Crippen molar-refractivity contribution < 1.29 is 9.47 Å². The zero-order chi connectivity index (χ0) is 25.2. The van der Waals surface area contributed by atoms with Crippen LogP contribution >= 0.6 is 0 Å². The summed E-state index contributed by atoms with van der Waals surface area (Å²) >= 11 is 0. The summed E-state index contributed by atoms with van der Waals surface area (Å²) < 4.78 is 12.2. The number of rotatable bonds is 15. The smallest absolute Gasteiger partial charge is 0.122 e. The highest BCUT2D eigenvalue weighted by Crippen LogP contribution is 2.38. The first-order chi connectivity index (χ1) is 16.3. The van der Waals surface area contributed by atoms with Gasteiger partial charge in [-0.3, -0.25) is 0 Å². The maximum Gasteiger partial charge on any atom is 0.122 e. The topological polar surface area (TPSA) is 18.5 Å². The molecule has 0 saturated heterocycles. The van der Waals surface area contributed by atoms with E-state index in [1.807, 2.05) is 0 Å². The SMILES string of the molecule is CCC(CC)(CC)c1ccc(OCCCCOc2ccc(C(CC)(CC)CC)cc2C)c(C)c1. The van der Waals surface area contributed by atoms with Gasteiger partial charge >= 0.3 is 0 Å². The molecule has 0 amide bonds. The van der Waals surface area contributed by atoms with Crippen molar-refractivity contribution in [2.24, 2.45) is 0 Å². The molecular weight excluding hydrogens is 416 g/mol. The average molecular weight is 467 g/mol. The van der Waals surface area contributed by atoms with E-state index >= 15 is 0 Å². The van der Waals surface area contributed by atoms with Crippen LogP contribution in [0.1, 0.15) is 115 Å². The second-order valence-corrected chi connectivity index (χ2v) is 10.0. The third kappa shape index (κ3) is 6.37. The van der Waals surface area contributed by atoms with Gasteiger partial charge in [-0.1, -0.05) is 65.8 Å². The Kier molecular flexibility index (Phi) is 11.0. The summed E-state index contributed by atoms with van der Waals surface area (Å²) in [5, 5.41) is 0. The molecule has 2 nitrogen and oxygen atoms in total. The molecule has 0 radical (unpaired) electrons. The molecule has 190 valence electrons. The number of ether oxygens (including phenoxy) is 2. The molecule has 2 aromatic carbocycles. The largest absolute Gasteiger partial charge is 0.493 e. The first-order valence-electron chi connectivity index (χ1n) is 13.8. The van der Waals surface area contributed by atoms with Crippen LogP contribution in [0.3, 0.4) is 0 Å². The number of unbranched alkanes of at least 4 members (excludes halogenated alkanes) is 1. The molecule has 0 heterocycles. The van der Waals surface area contributed by atoms with Crippen molar-refractivity contribution in [3.8, 4) is 11.5 Å². The van der Waals surface area contributed by atoms with Crippen LogP contribution in [-0.4, -0.2) is 13.2 Å². The zero-order valence-electron chi connectivity index (χ0n) is 23.4. The van der Waals surface area contributed by atoms with Crippen molar-refractivity contribution in [2.75, 3.05) is 13.2 Å². The van der Waals surface area contributed by atoms with E-state index in [0.29, 0.717) is 10.8 Å². The Balaban J connectivity index is 1.84. The quantitative estimate of drug-likeness (QED) is 0.243. The highest BCUT2D eigenvalue weighted by Gasteiger charge is 2.27. The van der Waals surface area contributed by atoms with Crippen molar-refractivity contribution in [2.45, 2.75) is 118 Å². The van der Waals surface area contributed by atoms with Crippen molar-refractivity contribution in [1.82, 2.24) is 0 Å². The van der Waals surface area contributed by atoms with E-state index in [2.05, 4.69) is 91.8 Å². The Morgan fingerprint density at radius 3 is 1.12 bits per heavy atom. The standard InChI is InChI=1S/C32H50O2/c1-9-31(10-2,11-3)27-17-19-29(25(7)23-27)33-21-15-16-22-34-30-20-18-28(24-26(30)8)32(12-4,13-5)14-6/h17-20,23-24H,9-16,21-22H2,1-8H3. The molecule has 0 aliphatic carbocycles. The van der Waals surface area contributed by atoms with Gasteiger partial charge in [0.15, 0.2) is 0 Å². The fourth-order valence-electron chi connectivity index (χ4n) is 5.58. The Hall–Kier alpha value is -1.96. The summed E-state index contributed by atoms with van der Waals surface area (Å²) in [7, 11) is 0. The van der Waals surface area contributed by atoms with E-state index in [4.69, 9.17) is 9.47 Å². The van der Waals surface area contributed by atoms with E-state index < -0.39 is 0 Å². The number of aryl methyl sites for hydroxylation is 2.